The maximum Gasteiger partial charge on any atom is 0.255 e. The Morgan fingerprint density at radius 3 is 2.36 bits per heavy atom. The number of aliphatic hydroxyl groups excluding tert-OH is 2. The van der Waals surface area contributed by atoms with Crippen LogP contribution < -0.4 is 16.0 Å². The third-order valence-electron chi connectivity index (χ3n) is 7.46. The van der Waals surface area contributed by atoms with Crippen molar-refractivity contribution in [3.63, 3.8) is 0 Å². The van der Waals surface area contributed by atoms with Crippen molar-refractivity contribution >= 4 is 35.1 Å². The van der Waals surface area contributed by atoms with E-state index in [1.54, 1.807) is 25.1 Å². The van der Waals surface area contributed by atoms with Gasteiger partial charge in [0, 0.05) is 54.9 Å². The van der Waals surface area contributed by atoms with Gasteiger partial charge >= 0.3 is 0 Å². The number of carbonyl (C=O) groups is 4. The molecule has 3 aliphatic rings. The summed E-state index contributed by atoms with van der Waals surface area (Å²) < 4.78 is 0. The summed E-state index contributed by atoms with van der Waals surface area (Å²) >= 11 is 0. The van der Waals surface area contributed by atoms with Crippen molar-refractivity contribution in [3.8, 4) is 5.75 Å². The third-order valence-corrected chi connectivity index (χ3v) is 7.46. The topological polar surface area (TPSA) is 190 Å². The molecule has 0 aromatic heterocycles. The standard InChI is InChI=1S/C28H33N3O8/c1-27(2,3)30-18(33)7-6-12-10-16(31(4)5)15-9-13-8-14-11-17(32)21(26(29)38)25(37)28(14,39)24(36)19(13)23(35)20(15)22(12)34/h6-7,10,13-14,32,34,36,39H,8-9,11H2,1-5H3,(H2,29,38)(H,30,33)/b7-6+/t13-,14+,28+/m1/s1. The Kier molecular flexibility index (Phi) is 6.63. The molecule has 0 saturated carbocycles. The monoisotopic (exact) mass is 539 g/mol. The van der Waals surface area contributed by atoms with Crippen molar-refractivity contribution in [2.45, 2.75) is 51.2 Å². The summed E-state index contributed by atoms with van der Waals surface area (Å²) in [5.41, 5.74) is 2.23. The van der Waals surface area contributed by atoms with E-state index in [1.807, 2.05) is 20.8 Å². The molecule has 1 aromatic rings. The van der Waals surface area contributed by atoms with Gasteiger partial charge in [-0.3, -0.25) is 19.2 Å². The average Bonchev–Trinajstić information content (AvgIpc) is 2.79. The van der Waals surface area contributed by atoms with Gasteiger partial charge in [-0.05, 0) is 57.2 Å². The van der Waals surface area contributed by atoms with Crippen LogP contribution in [0.4, 0.5) is 5.69 Å². The zero-order valence-corrected chi connectivity index (χ0v) is 22.5. The van der Waals surface area contributed by atoms with E-state index in [0.29, 0.717) is 11.3 Å². The smallest absolute Gasteiger partial charge is 0.255 e. The first-order chi connectivity index (χ1) is 18.0. The Morgan fingerprint density at radius 1 is 1.15 bits per heavy atom. The predicted octanol–water partition coefficient (Wildman–Crippen LogP) is 1.57. The number of Topliss-reactive ketones (excluding diaryl/α,β-unsaturated/α-hetero) is 2. The van der Waals surface area contributed by atoms with Crippen LogP contribution in [0.15, 0.2) is 34.8 Å². The maximum absolute atomic E-state index is 13.9. The molecule has 0 bridgehead atoms. The highest BCUT2D eigenvalue weighted by molar-refractivity contribution is 6.24. The number of primary amides is 1. The number of benzene rings is 1. The Morgan fingerprint density at radius 2 is 1.79 bits per heavy atom. The number of hydrogen-bond donors (Lipinski definition) is 6. The highest BCUT2D eigenvalue weighted by Crippen LogP contribution is 2.52. The van der Waals surface area contributed by atoms with Gasteiger partial charge in [-0.25, -0.2) is 0 Å². The van der Waals surface area contributed by atoms with E-state index in [9.17, 15) is 39.6 Å². The normalized spacial score (nSPS) is 24.9. The summed E-state index contributed by atoms with van der Waals surface area (Å²) in [7, 11) is 3.51. The number of aromatic hydroxyl groups is 1. The molecule has 11 nitrogen and oxygen atoms in total. The van der Waals surface area contributed by atoms with Crippen molar-refractivity contribution in [1.82, 2.24) is 5.32 Å². The molecule has 0 fully saturated rings. The van der Waals surface area contributed by atoms with E-state index in [1.165, 1.54) is 12.2 Å². The molecular formula is C28H33N3O8. The van der Waals surface area contributed by atoms with E-state index in [0.717, 1.165) is 0 Å². The highest BCUT2D eigenvalue weighted by Gasteiger charge is 2.59. The fourth-order valence-corrected chi connectivity index (χ4v) is 5.79. The summed E-state index contributed by atoms with van der Waals surface area (Å²) in [6, 6.07) is 1.65. The number of nitrogens with one attached hydrogen (secondary N) is 1. The number of nitrogens with zero attached hydrogens (tertiary/aromatic N) is 1. The minimum absolute atomic E-state index is 0.0468. The van der Waals surface area contributed by atoms with Crippen LogP contribution in [0.25, 0.3) is 6.08 Å². The summed E-state index contributed by atoms with van der Waals surface area (Å²) in [6.45, 7) is 5.45. The molecule has 0 radical (unpaired) electrons. The number of phenols is 1. The molecule has 11 heteroatoms. The van der Waals surface area contributed by atoms with Crippen LogP contribution in [0.5, 0.6) is 5.75 Å². The molecule has 4 rings (SSSR count). The third kappa shape index (κ3) is 4.46. The van der Waals surface area contributed by atoms with Crippen LogP contribution in [0.1, 0.15) is 55.1 Å². The first kappa shape index (κ1) is 27.9. The number of fused-ring (bicyclic) bond motifs is 3. The number of amides is 2. The van der Waals surface area contributed by atoms with Gasteiger partial charge in [-0.15, -0.1) is 0 Å². The minimum Gasteiger partial charge on any atom is -0.511 e. The van der Waals surface area contributed by atoms with Gasteiger partial charge in [-0.2, -0.15) is 0 Å². The second-order valence-electron chi connectivity index (χ2n) is 11.6. The lowest BCUT2D eigenvalue weighted by molar-refractivity contribution is -0.144. The first-order valence-corrected chi connectivity index (χ1v) is 12.5. The average molecular weight is 540 g/mol. The van der Waals surface area contributed by atoms with Gasteiger partial charge < -0.3 is 36.4 Å². The fraction of sp³-hybridized carbons (Fsp3) is 0.429. The maximum atomic E-state index is 13.9. The van der Waals surface area contributed by atoms with Crippen molar-refractivity contribution in [3.05, 3.63) is 51.5 Å². The SMILES string of the molecule is CN(C)c1cc(/C=C/C(=O)NC(C)(C)C)c(O)c2c1C[C@H]1C[C@H]3CC(O)=C(C(N)=O)C(=O)[C@@]3(O)C(O)=C1C2=O. The zero-order valence-electron chi connectivity index (χ0n) is 22.5. The van der Waals surface area contributed by atoms with E-state index >= 15 is 0 Å². The number of nitrogens with two attached hydrogens (primary N) is 1. The fourth-order valence-electron chi connectivity index (χ4n) is 5.79. The van der Waals surface area contributed by atoms with Gasteiger partial charge in [0.25, 0.3) is 5.91 Å². The molecule has 0 saturated heterocycles. The van der Waals surface area contributed by atoms with Gasteiger partial charge in [0.1, 0.15) is 22.8 Å². The van der Waals surface area contributed by atoms with Crippen LogP contribution in [-0.4, -0.2) is 69.0 Å². The number of rotatable bonds is 4. The minimum atomic E-state index is -2.63. The van der Waals surface area contributed by atoms with E-state index in [-0.39, 0.29) is 36.0 Å². The van der Waals surface area contributed by atoms with Gasteiger partial charge in [0.2, 0.25) is 11.7 Å². The van der Waals surface area contributed by atoms with Crippen molar-refractivity contribution in [1.29, 1.82) is 0 Å². The number of phenolic OH excluding ortho intramolecular Hbond substituents is 1. The lowest BCUT2D eigenvalue weighted by Gasteiger charge is -2.45. The second-order valence-corrected chi connectivity index (χ2v) is 11.6. The van der Waals surface area contributed by atoms with Crippen LogP contribution >= 0.6 is 0 Å². The van der Waals surface area contributed by atoms with E-state index < -0.39 is 69.2 Å². The molecule has 7 N–H and O–H groups in total. The molecule has 0 spiro atoms. The Labute approximate surface area is 225 Å². The van der Waals surface area contributed by atoms with Gasteiger partial charge in [0.15, 0.2) is 11.4 Å². The molecule has 0 unspecified atom stereocenters. The molecule has 2 amide bonds. The predicted molar refractivity (Wildman–Crippen MR) is 142 cm³/mol. The Balaban J connectivity index is 1.86. The van der Waals surface area contributed by atoms with Crippen LogP contribution in [-0.2, 0) is 20.8 Å². The van der Waals surface area contributed by atoms with Crippen molar-refractivity contribution < 1.29 is 39.6 Å². The number of carbonyl (C=O) groups excluding carboxylic acids is 4. The Hall–Kier alpha value is -4.12. The summed E-state index contributed by atoms with van der Waals surface area (Å²) in [5, 5.41) is 46.8. The molecule has 3 aliphatic carbocycles. The Bertz CT molecular complexity index is 1410. The summed E-state index contributed by atoms with van der Waals surface area (Å²) in [5.74, 6) is -7.26. The van der Waals surface area contributed by atoms with Crippen molar-refractivity contribution in [2.24, 2.45) is 17.6 Å². The molecular weight excluding hydrogens is 506 g/mol. The molecule has 0 aliphatic heterocycles. The van der Waals surface area contributed by atoms with Gasteiger partial charge in [-0.1, -0.05) is 0 Å². The van der Waals surface area contributed by atoms with E-state index in [2.05, 4.69) is 5.32 Å². The van der Waals surface area contributed by atoms with E-state index in [4.69, 9.17) is 5.73 Å². The zero-order chi connectivity index (χ0) is 29.2. The summed E-state index contributed by atoms with van der Waals surface area (Å²) in [4.78, 5) is 52.9. The van der Waals surface area contributed by atoms with Crippen LogP contribution in [0.3, 0.4) is 0 Å². The van der Waals surface area contributed by atoms with Crippen LogP contribution in [0.2, 0.25) is 0 Å². The molecule has 208 valence electrons. The molecule has 3 atom stereocenters. The van der Waals surface area contributed by atoms with Gasteiger partial charge in [0.05, 0.1) is 5.56 Å². The highest BCUT2D eigenvalue weighted by atomic mass is 16.3. The number of hydrogen-bond acceptors (Lipinski definition) is 9. The lowest BCUT2D eigenvalue weighted by Crippen LogP contribution is -2.57. The number of allylic oxidation sites excluding steroid dienone is 2. The molecule has 39 heavy (non-hydrogen) atoms. The second kappa shape index (κ2) is 9.26. The molecule has 1 aromatic carbocycles. The lowest BCUT2D eigenvalue weighted by atomic mass is 9.60. The molecule has 0 heterocycles. The van der Waals surface area contributed by atoms with Crippen molar-refractivity contribution in [2.75, 3.05) is 19.0 Å². The first-order valence-electron chi connectivity index (χ1n) is 12.5. The largest absolute Gasteiger partial charge is 0.511 e. The van der Waals surface area contributed by atoms with Crippen LogP contribution in [0, 0.1) is 11.8 Å². The quantitative estimate of drug-likeness (QED) is 0.244. The number of ketones is 2. The number of aliphatic hydroxyl groups is 3. The summed E-state index contributed by atoms with van der Waals surface area (Å²) in [6.07, 6.45) is 2.55. The number of anilines is 1.